The summed E-state index contributed by atoms with van der Waals surface area (Å²) in [6, 6.07) is 12.2. The van der Waals surface area contributed by atoms with E-state index in [2.05, 4.69) is 21.9 Å². The third-order valence-electron chi connectivity index (χ3n) is 5.68. The van der Waals surface area contributed by atoms with Crippen molar-refractivity contribution in [3.63, 3.8) is 0 Å². The zero-order chi connectivity index (χ0) is 17.9. The van der Waals surface area contributed by atoms with Crippen LogP contribution in [0.4, 0.5) is 0 Å². The Hall–Kier alpha value is -2.27. The minimum Gasteiger partial charge on any atom is -0.497 e. The first-order chi connectivity index (χ1) is 12.7. The number of furan rings is 1. The molecule has 1 amide bonds. The first-order valence-electron chi connectivity index (χ1n) is 9.44. The number of amides is 1. The number of benzene rings is 1. The predicted molar refractivity (Wildman–Crippen MR) is 98.8 cm³/mol. The molecule has 0 bridgehead atoms. The summed E-state index contributed by atoms with van der Waals surface area (Å²) in [7, 11) is 1.68. The molecule has 2 aliphatic heterocycles. The van der Waals surface area contributed by atoms with Crippen molar-refractivity contribution in [2.24, 2.45) is 5.92 Å². The molecule has 2 aliphatic rings. The molecule has 2 saturated heterocycles. The molecule has 0 radical (unpaired) electrons. The summed E-state index contributed by atoms with van der Waals surface area (Å²) >= 11 is 0. The Labute approximate surface area is 154 Å². The number of likely N-dealkylation sites (tertiary alicyclic amines) is 2. The number of carbonyl (C=O) groups excluding carboxylic acids is 1. The largest absolute Gasteiger partial charge is 0.497 e. The molecule has 3 heterocycles. The van der Waals surface area contributed by atoms with Crippen LogP contribution in [-0.4, -0.2) is 42.5 Å². The van der Waals surface area contributed by atoms with Gasteiger partial charge in [-0.05, 0) is 62.2 Å². The fraction of sp³-hybridized carbons (Fsp3) is 0.476. The number of piperidine rings is 1. The lowest BCUT2D eigenvalue weighted by atomic mass is 9.89. The Bertz CT molecular complexity index is 735. The van der Waals surface area contributed by atoms with Crippen molar-refractivity contribution in [2.75, 3.05) is 26.7 Å². The molecule has 138 valence electrons. The van der Waals surface area contributed by atoms with Crippen LogP contribution in [0.1, 0.15) is 36.6 Å². The maximum atomic E-state index is 13.0. The molecule has 0 aliphatic carbocycles. The number of nitrogens with zero attached hydrogens (tertiary/aromatic N) is 2. The highest BCUT2D eigenvalue weighted by Gasteiger charge is 2.37. The number of carbonyl (C=O) groups is 1. The van der Waals surface area contributed by atoms with Crippen LogP contribution in [0.5, 0.6) is 5.75 Å². The van der Waals surface area contributed by atoms with Crippen molar-refractivity contribution in [3.05, 3.63) is 54.0 Å². The Balaban J connectivity index is 1.33. The summed E-state index contributed by atoms with van der Waals surface area (Å²) in [6.07, 6.45) is 4.62. The monoisotopic (exact) mass is 354 g/mol. The lowest BCUT2D eigenvalue weighted by molar-refractivity contribution is -0.145. The van der Waals surface area contributed by atoms with Crippen LogP contribution in [0.2, 0.25) is 0 Å². The van der Waals surface area contributed by atoms with Gasteiger partial charge in [0.15, 0.2) is 0 Å². The van der Waals surface area contributed by atoms with E-state index >= 15 is 0 Å². The van der Waals surface area contributed by atoms with Crippen LogP contribution in [0.3, 0.4) is 0 Å². The molecule has 26 heavy (non-hydrogen) atoms. The van der Waals surface area contributed by atoms with E-state index in [-0.39, 0.29) is 12.0 Å². The second-order valence-corrected chi connectivity index (χ2v) is 7.24. The van der Waals surface area contributed by atoms with Gasteiger partial charge in [0.2, 0.25) is 5.91 Å². The molecular formula is C21H26N2O3. The molecule has 1 aromatic carbocycles. The maximum absolute atomic E-state index is 13.0. The first kappa shape index (κ1) is 17.2. The fourth-order valence-corrected chi connectivity index (χ4v) is 4.04. The zero-order valence-electron chi connectivity index (χ0n) is 15.3. The summed E-state index contributed by atoms with van der Waals surface area (Å²) < 4.78 is 10.8. The summed E-state index contributed by atoms with van der Waals surface area (Å²) in [5.41, 5.74) is 1.18. The molecule has 1 aromatic heterocycles. The standard InChI is InChI=1S/C21H26N2O3/c1-25-18-5-2-4-17(14-18)20-9-12-23(20)21(24)16-7-10-22(11-8-16)15-19-6-3-13-26-19/h2-6,13-14,16,20H,7-12,15H2,1H3/t20-/m0/s1. The Morgan fingerprint density at radius 1 is 1.15 bits per heavy atom. The molecule has 0 N–H and O–H groups in total. The van der Waals surface area contributed by atoms with E-state index in [1.54, 1.807) is 13.4 Å². The van der Waals surface area contributed by atoms with Gasteiger partial charge >= 0.3 is 0 Å². The van der Waals surface area contributed by atoms with Crippen molar-refractivity contribution < 1.29 is 13.9 Å². The van der Waals surface area contributed by atoms with E-state index in [0.29, 0.717) is 5.91 Å². The molecule has 1 atom stereocenters. The topological polar surface area (TPSA) is 45.9 Å². The highest BCUT2D eigenvalue weighted by Crippen LogP contribution is 2.37. The van der Waals surface area contributed by atoms with E-state index in [4.69, 9.17) is 9.15 Å². The van der Waals surface area contributed by atoms with Crippen molar-refractivity contribution in [1.29, 1.82) is 0 Å². The highest BCUT2D eigenvalue weighted by molar-refractivity contribution is 5.80. The number of rotatable bonds is 5. The number of hydrogen-bond acceptors (Lipinski definition) is 4. The molecule has 2 fully saturated rings. The highest BCUT2D eigenvalue weighted by atomic mass is 16.5. The SMILES string of the molecule is COc1cccc([C@@H]2CCN2C(=O)C2CCN(Cc3ccco3)CC2)c1. The van der Waals surface area contributed by atoms with Gasteiger partial charge in [0, 0.05) is 12.5 Å². The predicted octanol–water partition coefficient (Wildman–Crippen LogP) is 3.47. The maximum Gasteiger partial charge on any atom is 0.226 e. The summed E-state index contributed by atoms with van der Waals surface area (Å²) in [6.45, 7) is 3.61. The van der Waals surface area contributed by atoms with Gasteiger partial charge < -0.3 is 14.1 Å². The lowest BCUT2D eigenvalue weighted by Gasteiger charge is -2.44. The Morgan fingerprint density at radius 3 is 2.65 bits per heavy atom. The number of hydrogen-bond donors (Lipinski definition) is 0. The molecule has 4 rings (SSSR count). The van der Waals surface area contributed by atoms with Crippen LogP contribution in [0, 0.1) is 5.92 Å². The minimum absolute atomic E-state index is 0.149. The van der Waals surface area contributed by atoms with Crippen LogP contribution < -0.4 is 4.74 Å². The summed E-state index contributed by atoms with van der Waals surface area (Å²) in [5.74, 6) is 2.32. The Morgan fingerprint density at radius 2 is 2.00 bits per heavy atom. The van der Waals surface area contributed by atoms with Crippen LogP contribution in [-0.2, 0) is 11.3 Å². The van der Waals surface area contributed by atoms with Gasteiger partial charge in [-0.1, -0.05) is 12.1 Å². The third-order valence-corrected chi connectivity index (χ3v) is 5.68. The normalized spacial score (nSPS) is 21.4. The average Bonchev–Trinajstić information content (AvgIpc) is 3.14. The van der Waals surface area contributed by atoms with Gasteiger partial charge in [-0.2, -0.15) is 0 Å². The van der Waals surface area contributed by atoms with Crippen LogP contribution in [0.15, 0.2) is 47.1 Å². The van der Waals surface area contributed by atoms with Crippen molar-refractivity contribution in [1.82, 2.24) is 9.80 Å². The van der Waals surface area contributed by atoms with Gasteiger partial charge in [-0.25, -0.2) is 0 Å². The van der Waals surface area contributed by atoms with Crippen LogP contribution in [0.25, 0.3) is 0 Å². The Kier molecular flexibility index (Phi) is 4.98. The number of methoxy groups -OCH3 is 1. The van der Waals surface area contributed by atoms with E-state index < -0.39 is 0 Å². The van der Waals surface area contributed by atoms with E-state index in [1.165, 1.54) is 5.56 Å². The average molecular weight is 354 g/mol. The molecule has 5 heteroatoms. The number of ether oxygens (including phenoxy) is 1. The van der Waals surface area contributed by atoms with Crippen molar-refractivity contribution >= 4 is 5.91 Å². The van der Waals surface area contributed by atoms with Gasteiger partial charge in [-0.15, -0.1) is 0 Å². The molecule has 0 unspecified atom stereocenters. The lowest BCUT2D eigenvalue weighted by Crippen LogP contribution is -2.49. The zero-order valence-corrected chi connectivity index (χ0v) is 15.3. The molecule has 2 aromatic rings. The minimum atomic E-state index is 0.149. The summed E-state index contributed by atoms with van der Waals surface area (Å²) in [4.78, 5) is 17.4. The molecular weight excluding hydrogens is 328 g/mol. The molecule has 0 saturated carbocycles. The van der Waals surface area contributed by atoms with E-state index in [9.17, 15) is 4.79 Å². The van der Waals surface area contributed by atoms with Gasteiger partial charge in [-0.3, -0.25) is 9.69 Å². The third kappa shape index (κ3) is 3.49. The smallest absolute Gasteiger partial charge is 0.226 e. The second-order valence-electron chi connectivity index (χ2n) is 7.24. The van der Waals surface area contributed by atoms with Gasteiger partial charge in [0.1, 0.15) is 11.5 Å². The van der Waals surface area contributed by atoms with E-state index in [0.717, 1.165) is 57.0 Å². The first-order valence-corrected chi connectivity index (χ1v) is 9.44. The summed E-state index contributed by atoms with van der Waals surface area (Å²) in [5, 5.41) is 0. The van der Waals surface area contributed by atoms with E-state index in [1.807, 2.05) is 24.3 Å². The second kappa shape index (κ2) is 7.54. The molecule has 5 nitrogen and oxygen atoms in total. The van der Waals surface area contributed by atoms with Gasteiger partial charge in [0.25, 0.3) is 0 Å². The van der Waals surface area contributed by atoms with Gasteiger partial charge in [0.05, 0.1) is 26.0 Å². The van der Waals surface area contributed by atoms with Crippen molar-refractivity contribution in [3.8, 4) is 5.75 Å². The quantitative estimate of drug-likeness (QED) is 0.825. The van der Waals surface area contributed by atoms with Crippen LogP contribution >= 0.6 is 0 Å². The van der Waals surface area contributed by atoms with Crippen molar-refractivity contribution in [2.45, 2.75) is 31.8 Å². The fourth-order valence-electron chi connectivity index (χ4n) is 4.04. The molecule has 0 spiro atoms.